The molecule has 2 aromatic carbocycles. The first-order valence-corrected chi connectivity index (χ1v) is 7.59. The average Bonchev–Trinajstić information content (AvgIpc) is 2.50. The van der Waals surface area contributed by atoms with Crippen LogP contribution in [0.1, 0.15) is 29.4 Å². The average molecular weight is 340 g/mol. The largest absolute Gasteiger partial charge is 0.673 e. The predicted octanol–water partition coefficient (Wildman–Crippen LogP) is 5.30. The summed E-state index contributed by atoms with van der Waals surface area (Å²) in [6.07, 6.45) is 4.14. The molecule has 0 N–H and O–H groups in total. The Bertz CT molecular complexity index is 776. The van der Waals surface area contributed by atoms with Crippen molar-refractivity contribution >= 4 is 29.9 Å². The molecule has 7 heteroatoms. The minimum atomic E-state index is -6.00. The SMILES string of the molecule is CCOc1ccc2cccc3c2c1C(=[O+]CC)C=C3.F[B-](F)(F)F. The number of ether oxygens (including phenoxy) is 1. The standard InChI is InChI=1S/C17H17O2.BF4/c1-3-18-14-10-8-12-6-5-7-13-9-11-15(19-4-2)17(14)16(12)13;2-1(3,4)5/h5-11H,3-4H2,1-2H3;/q+1;-1. The number of hydrogen-bond donors (Lipinski definition) is 0. The topological polar surface area (TPSA) is 20.5 Å². The van der Waals surface area contributed by atoms with Crippen LogP contribution in [0.4, 0.5) is 17.3 Å². The maximum atomic E-state index is 9.75. The monoisotopic (exact) mass is 340 g/mol. The Hall–Kier alpha value is -2.31. The first-order valence-electron chi connectivity index (χ1n) is 7.59. The van der Waals surface area contributed by atoms with Crippen molar-refractivity contribution in [2.24, 2.45) is 0 Å². The molecule has 0 unspecified atom stereocenters. The van der Waals surface area contributed by atoms with E-state index in [-0.39, 0.29) is 0 Å². The van der Waals surface area contributed by atoms with E-state index in [2.05, 4.69) is 30.3 Å². The molecule has 2 nitrogen and oxygen atoms in total. The van der Waals surface area contributed by atoms with Crippen LogP contribution in [0.15, 0.2) is 36.4 Å². The van der Waals surface area contributed by atoms with Crippen molar-refractivity contribution < 1.29 is 26.4 Å². The third-order valence-electron chi connectivity index (χ3n) is 3.30. The third kappa shape index (κ3) is 4.37. The molecule has 0 radical (unpaired) electrons. The van der Waals surface area contributed by atoms with E-state index in [0.29, 0.717) is 13.2 Å². The lowest BCUT2D eigenvalue weighted by atomic mass is 9.91. The van der Waals surface area contributed by atoms with Gasteiger partial charge < -0.3 is 22.0 Å². The summed E-state index contributed by atoms with van der Waals surface area (Å²) in [5, 5.41) is 2.44. The van der Waals surface area contributed by atoms with Gasteiger partial charge in [0.1, 0.15) is 11.3 Å². The summed E-state index contributed by atoms with van der Waals surface area (Å²) in [4.78, 5) is 0. The molecule has 1 aliphatic carbocycles. The van der Waals surface area contributed by atoms with Gasteiger partial charge in [0.2, 0.25) is 0 Å². The second kappa shape index (κ2) is 7.51. The summed E-state index contributed by atoms with van der Waals surface area (Å²) in [5.74, 6) is 1.80. The molecular formula is C17H17BF4O2. The molecule has 0 aliphatic heterocycles. The number of benzene rings is 2. The smallest absolute Gasteiger partial charge is 0.493 e. The molecule has 0 spiro atoms. The zero-order valence-corrected chi connectivity index (χ0v) is 13.4. The van der Waals surface area contributed by atoms with E-state index in [4.69, 9.17) is 9.16 Å². The normalized spacial score (nSPS) is 14.5. The fourth-order valence-electron chi connectivity index (χ4n) is 2.57. The van der Waals surface area contributed by atoms with Crippen LogP contribution >= 0.6 is 0 Å². The molecule has 128 valence electrons. The highest BCUT2D eigenvalue weighted by Gasteiger charge is 2.25. The highest BCUT2D eigenvalue weighted by Crippen LogP contribution is 2.35. The molecule has 0 atom stereocenters. The van der Waals surface area contributed by atoms with Crippen molar-refractivity contribution in [3.05, 3.63) is 47.5 Å². The number of allylic oxidation sites excluding steroid dienone is 1. The molecule has 1 aliphatic rings. The van der Waals surface area contributed by atoms with Crippen molar-refractivity contribution in [1.29, 1.82) is 0 Å². The van der Waals surface area contributed by atoms with E-state index in [1.165, 1.54) is 16.3 Å². The summed E-state index contributed by atoms with van der Waals surface area (Å²) in [7, 11) is -6.00. The summed E-state index contributed by atoms with van der Waals surface area (Å²) >= 11 is 0. The van der Waals surface area contributed by atoms with Crippen LogP contribution in [0.2, 0.25) is 0 Å². The van der Waals surface area contributed by atoms with Gasteiger partial charge in [0.15, 0.2) is 0 Å². The van der Waals surface area contributed by atoms with E-state index in [9.17, 15) is 17.3 Å². The zero-order valence-electron chi connectivity index (χ0n) is 13.4. The van der Waals surface area contributed by atoms with Crippen LogP contribution in [-0.4, -0.2) is 26.3 Å². The van der Waals surface area contributed by atoms with Crippen LogP contribution in [0, 0.1) is 0 Å². The number of rotatable bonds is 3. The molecule has 3 rings (SSSR count). The Kier molecular flexibility index (Phi) is 5.64. The van der Waals surface area contributed by atoms with Crippen molar-refractivity contribution in [3.8, 4) is 5.75 Å². The fourth-order valence-corrected chi connectivity index (χ4v) is 2.57. The Morgan fingerprint density at radius 1 is 1.00 bits per heavy atom. The van der Waals surface area contributed by atoms with Gasteiger partial charge in [-0.25, -0.2) is 0 Å². The summed E-state index contributed by atoms with van der Waals surface area (Å²) in [5.41, 5.74) is 2.30. The minimum Gasteiger partial charge on any atom is -0.493 e. The fraction of sp³-hybridized carbons (Fsp3) is 0.235. The number of hydrogen-bond acceptors (Lipinski definition) is 1. The van der Waals surface area contributed by atoms with Gasteiger partial charge >= 0.3 is 13.0 Å². The van der Waals surface area contributed by atoms with Gasteiger partial charge in [0.25, 0.3) is 6.61 Å². The molecule has 0 saturated heterocycles. The van der Waals surface area contributed by atoms with Crippen LogP contribution in [0.25, 0.3) is 16.8 Å². The first-order chi connectivity index (χ1) is 11.3. The van der Waals surface area contributed by atoms with Gasteiger partial charge in [-0.1, -0.05) is 24.3 Å². The van der Waals surface area contributed by atoms with Gasteiger partial charge in [-0.05, 0) is 30.0 Å². The molecule has 0 aromatic heterocycles. The van der Waals surface area contributed by atoms with Crippen LogP contribution in [0.5, 0.6) is 5.75 Å². The van der Waals surface area contributed by atoms with E-state index in [1.807, 2.05) is 26.0 Å². The molecule has 2 aromatic rings. The van der Waals surface area contributed by atoms with Crippen molar-refractivity contribution in [2.45, 2.75) is 13.8 Å². The summed E-state index contributed by atoms with van der Waals surface area (Å²) in [6, 6.07) is 10.5. The number of carbonyl (C=O) groups excluding carboxylic acids is 1. The second-order valence-corrected chi connectivity index (χ2v) is 4.94. The molecule has 0 heterocycles. The Balaban J connectivity index is 0.000000368. The van der Waals surface area contributed by atoms with Gasteiger partial charge in [0, 0.05) is 18.4 Å². The Morgan fingerprint density at radius 3 is 2.33 bits per heavy atom. The van der Waals surface area contributed by atoms with Gasteiger partial charge in [-0.15, -0.1) is 0 Å². The second-order valence-electron chi connectivity index (χ2n) is 4.94. The predicted molar refractivity (Wildman–Crippen MR) is 89.2 cm³/mol. The van der Waals surface area contributed by atoms with Gasteiger partial charge in [-0.3, -0.25) is 4.42 Å². The van der Waals surface area contributed by atoms with Crippen molar-refractivity contribution in [1.82, 2.24) is 0 Å². The van der Waals surface area contributed by atoms with E-state index in [1.54, 1.807) is 0 Å². The molecule has 0 fully saturated rings. The third-order valence-corrected chi connectivity index (χ3v) is 3.30. The molecule has 24 heavy (non-hydrogen) atoms. The molecule has 0 amide bonds. The number of ketones is 1. The van der Waals surface area contributed by atoms with Crippen molar-refractivity contribution in [3.63, 3.8) is 0 Å². The quantitative estimate of drug-likeness (QED) is 0.422. The van der Waals surface area contributed by atoms with Crippen LogP contribution < -0.4 is 4.74 Å². The lowest BCUT2D eigenvalue weighted by Crippen LogP contribution is -2.08. The maximum Gasteiger partial charge on any atom is 0.673 e. The van der Waals surface area contributed by atoms with Gasteiger partial charge in [-0.2, -0.15) is 0 Å². The number of halogens is 4. The summed E-state index contributed by atoms with van der Waals surface area (Å²) in [6.45, 7) is 5.32. The van der Waals surface area contributed by atoms with E-state index < -0.39 is 7.25 Å². The lowest BCUT2D eigenvalue weighted by molar-refractivity contribution is -0.261. The van der Waals surface area contributed by atoms with Crippen molar-refractivity contribution in [2.75, 3.05) is 13.2 Å². The minimum absolute atomic E-state index is 0.657. The Morgan fingerprint density at radius 2 is 1.71 bits per heavy atom. The first kappa shape index (κ1) is 18.0. The molecule has 0 bridgehead atoms. The Labute approximate surface area is 137 Å². The maximum absolute atomic E-state index is 9.75. The molecular weight excluding hydrogens is 323 g/mol. The lowest BCUT2D eigenvalue weighted by Gasteiger charge is -2.14. The van der Waals surface area contributed by atoms with Crippen LogP contribution in [-0.2, 0) is 0 Å². The highest BCUT2D eigenvalue weighted by atomic mass is 19.5. The molecule has 0 saturated carbocycles. The highest BCUT2D eigenvalue weighted by molar-refractivity contribution is 6.50. The van der Waals surface area contributed by atoms with Crippen LogP contribution in [0.3, 0.4) is 0 Å². The van der Waals surface area contributed by atoms with E-state index >= 15 is 0 Å². The van der Waals surface area contributed by atoms with E-state index in [0.717, 1.165) is 17.1 Å². The zero-order chi connectivity index (χ0) is 17.7. The van der Waals surface area contributed by atoms with Gasteiger partial charge in [0.05, 0.1) is 6.61 Å². The summed E-state index contributed by atoms with van der Waals surface area (Å²) < 4.78 is 50.5.